The third-order valence-corrected chi connectivity index (χ3v) is 5.29. The first-order chi connectivity index (χ1) is 7.40. The molecule has 0 radical (unpaired) electrons. The molecule has 1 amide bonds. The summed E-state index contributed by atoms with van der Waals surface area (Å²) in [5, 5.41) is 6.38. The maximum Gasteiger partial charge on any atom is 0.252 e. The molecule has 0 bridgehead atoms. The van der Waals surface area contributed by atoms with Gasteiger partial charge in [-0.15, -0.1) is 0 Å². The molecule has 1 unspecified atom stereocenters. The van der Waals surface area contributed by atoms with E-state index in [0.29, 0.717) is 12.0 Å². The molecule has 0 aromatic carbocycles. The number of carbonyl (C=O) groups is 1. The second kappa shape index (κ2) is 3.85. The Kier molecular flexibility index (Phi) is 2.79. The highest BCUT2D eigenvalue weighted by atomic mass is 32.2. The molecule has 0 aliphatic carbocycles. The summed E-state index contributed by atoms with van der Waals surface area (Å²) in [5.74, 6) is 0.00405. The summed E-state index contributed by atoms with van der Waals surface area (Å²) in [7, 11) is -2.98. The Balaban J connectivity index is 2.09. The van der Waals surface area contributed by atoms with Crippen molar-refractivity contribution in [2.45, 2.75) is 18.9 Å². The molecule has 1 aromatic rings. The van der Waals surface area contributed by atoms with Gasteiger partial charge in [0.2, 0.25) is 0 Å². The first-order valence-corrected chi connectivity index (χ1v) is 7.72. The summed E-state index contributed by atoms with van der Waals surface area (Å²) < 4.78 is 22.7. The maximum absolute atomic E-state index is 11.8. The maximum atomic E-state index is 11.8. The Morgan fingerprint density at radius 2 is 2.31 bits per heavy atom. The molecular weight excluding hydrogens is 246 g/mol. The molecular formula is C10H13NO3S2. The Bertz CT molecular complexity index is 492. The number of amides is 1. The van der Waals surface area contributed by atoms with Crippen LogP contribution < -0.4 is 5.32 Å². The quantitative estimate of drug-likeness (QED) is 0.863. The van der Waals surface area contributed by atoms with Gasteiger partial charge in [0.25, 0.3) is 5.91 Å². The smallest absolute Gasteiger partial charge is 0.252 e. The lowest BCUT2D eigenvalue weighted by Gasteiger charge is -2.23. The number of nitrogens with one attached hydrogen (secondary N) is 1. The van der Waals surface area contributed by atoms with E-state index >= 15 is 0 Å². The Hall–Kier alpha value is -0.880. The van der Waals surface area contributed by atoms with Gasteiger partial charge in [-0.3, -0.25) is 4.79 Å². The minimum atomic E-state index is -2.98. The van der Waals surface area contributed by atoms with E-state index in [9.17, 15) is 13.2 Å². The number of hydrogen-bond acceptors (Lipinski definition) is 4. The minimum absolute atomic E-state index is 0.0376. The van der Waals surface area contributed by atoms with Gasteiger partial charge in [0, 0.05) is 5.38 Å². The van der Waals surface area contributed by atoms with Crippen LogP contribution >= 0.6 is 11.3 Å². The van der Waals surface area contributed by atoms with Crippen LogP contribution in [-0.2, 0) is 9.84 Å². The highest BCUT2D eigenvalue weighted by Crippen LogP contribution is 2.23. The summed E-state index contributed by atoms with van der Waals surface area (Å²) in [6.07, 6.45) is 0.491. The predicted octanol–water partition coefficient (Wildman–Crippen LogP) is 1.06. The summed E-state index contributed by atoms with van der Waals surface area (Å²) in [4.78, 5) is 11.8. The normalized spacial score (nSPS) is 27.8. The largest absolute Gasteiger partial charge is 0.346 e. The van der Waals surface area contributed by atoms with Gasteiger partial charge in [-0.25, -0.2) is 8.42 Å². The van der Waals surface area contributed by atoms with Crippen molar-refractivity contribution in [3.8, 4) is 0 Å². The van der Waals surface area contributed by atoms with Crippen molar-refractivity contribution in [2.24, 2.45) is 0 Å². The summed E-state index contributed by atoms with van der Waals surface area (Å²) in [6.45, 7) is 1.78. The van der Waals surface area contributed by atoms with E-state index in [0.717, 1.165) is 0 Å². The molecule has 1 aromatic heterocycles. The van der Waals surface area contributed by atoms with E-state index in [1.54, 1.807) is 18.4 Å². The highest BCUT2D eigenvalue weighted by Gasteiger charge is 2.39. The first-order valence-electron chi connectivity index (χ1n) is 4.95. The third-order valence-electron chi connectivity index (χ3n) is 2.70. The number of carbonyl (C=O) groups excluding carboxylic acids is 1. The Morgan fingerprint density at radius 1 is 1.56 bits per heavy atom. The third kappa shape index (κ3) is 2.44. The zero-order valence-corrected chi connectivity index (χ0v) is 10.5. The molecule has 2 heterocycles. The standard InChI is InChI=1S/C10H13NO3S2/c1-10(3-5-16(13,14)7-10)11-9(12)8-2-4-15-6-8/h2,4,6H,3,5,7H2,1H3,(H,11,12). The summed E-state index contributed by atoms with van der Waals surface area (Å²) in [6, 6.07) is 1.73. The summed E-state index contributed by atoms with van der Waals surface area (Å²) in [5.41, 5.74) is -0.0202. The lowest BCUT2D eigenvalue weighted by Crippen LogP contribution is -2.46. The molecule has 1 aliphatic heterocycles. The molecule has 88 valence electrons. The van der Waals surface area contributed by atoms with Crippen molar-refractivity contribution in [3.05, 3.63) is 22.4 Å². The van der Waals surface area contributed by atoms with Gasteiger partial charge in [-0.1, -0.05) is 0 Å². The van der Waals surface area contributed by atoms with E-state index in [4.69, 9.17) is 0 Å². The van der Waals surface area contributed by atoms with Crippen molar-refractivity contribution in [1.29, 1.82) is 0 Å². The first kappa shape index (κ1) is 11.6. The van der Waals surface area contributed by atoms with Crippen molar-refractivity contribution in [3.63, 3.8) is 0 Å². The van der Waals surface area contributed by atoms with Crippen molar-refractivity contribution in [1.82, 2.24) is 5.32 Å². The van der Waals surface area contributed by atoms with Crippen molar-refractivity contribution >= 4 is 27.1 Å². The van der Waals surface area contributed by atoms with Crippen LogP contribution in [0.3, 0.4) is 0 Å². The molecule has 1 aliphatic rings. The molecule has 0 saturated carbocycles. The molecule has 2 rings (SSSR count). The van der Waals surface area contributed by atoms with E-state index in [1.165, 1.54) is 11.3 Å². The summed E-state index contributed by atoms with van der Waals surface area (Å²) >= 11 is 1.45. The van der Waals surface area contributed by atoms with Crippen molar-refractivity contribution < 1.29 is 13.2 Å². The zero-order chi connectivity index (χ0) is 11.8. The molecule has 1 N–H and O–H groups in total. The van der Waals surface area contributed by atoms with Crippen LogP contribution in [0, 0.1) is 0 Å². The minimum Gasteiger partial charge on any atom is -0.346 e. The van der Waals surface area contributed by atoms with Gasteiger partial charge in [-0.2, -0.15) is 11.3 Å². The van der Waals surface area contributed by atoms with Crippen LogP contribution in [0.5, 0.6) is 0 Å². The van der Waals surface area contributed by atoms with Crippen LogP contribution in [0.1, 0.15) is 23.7 Å². The van der Waals surface area contributed by atoms with E-state index in [-0.39, 0.29) is 17.4 Å². The van der Waals surface area contributed by atoms with Gasteiger partial charge >= 0.3 is 0 Å². The topological polar surface area (TPSA) is 63.2 Å². The fourth-order valence-corrected chi connectivity index (χ4v) is 4.58. The van der Waals surface area contributed by atoms with Crippen LogP contribution in [0.2, 0.25) is 0 Å². The Labute approximate surface area is 98.6 Å². The molecule has 1 atom stereocenters. The van der Waals surface area contributed by atoms with E-state index < -0.39 is 15.4 Å². The molecule has 1 saturated heterocycles. The van der Waals surface area contributed by atoms with Crippen LogP contribution in [0.25, 0.3) is 0 Å². The predicted molar refractivity (Wildman–Crippen MR) is 63.5 cm³/mol. The lowest BCUT2D eigenvalue weighted by atomic mass is 10.0. The van der Waals surface area contributed by atoms with Gasteiger partial charge in [-0.05, 0) is 24.8 Å². The molecule has 0 spiro atoms. The lowest BCUT2D eigenvalue weighted by molar-refractivity contribution is 0.0916. The van der Waals surface area contributed by atoms with Gasteiger partial charge in [0.15, 0.2) is 9.84 Å². The number of thiophene rings is 1. The number of hydrogen-bond donors (Lipinski definition) is 1. The SMILES string of the molecule is CC1(NC(=O)c2ccsc2)CCS(=O)(=O)C1. The van der Waals surface area contributed by atoms with E-state index in [2.05, 4.69) is 5.32 Å². The van der Waals surface area contributed by atoms with Crippen molar-refractivity contribution in [2.75, 3.05) is 11.5 Å². The second-order valence-corrected chi connectivity index (χ2v) is 7.33. The average Bonchev–Trinajstić information content (AvgIpc) is 2.73. The van der Waals surface area contributed by atoms with Crippen LogP contribution in [0.4, 0.5) is 0 Å². The molecule has 4 nitrogen and oxygen atoms in total. The molecule has 6 heteroatoms. The highest BCUT2D eigenvalue weighted by molar-refractivity contribution is 7.91. The second-order valence-electron chi connectivity index (χ2n) is 4.37. The van der Waals surface area contributed by atoms with Crippen LogP contribution in [0.15, 0.2) is 16.8 Å². The molecule has 1 fully saturated rings. The Morgan fingerprint density at radius 3 is 2.81 bits per heavy atom. The number of sulfone groups is 1. The van der Waals surface area contributed by atoms with Crippen LogP contribution in [-0.4, -0.2) is 31.4 Å². The molecule has 16 heavy (non-hydrogen) atoms. The average molecular weight is 259 g/mol. The fraction of sp³-hybridized carbons (Fsp3) is 0.500. The fourth-order valence-electron chi connectivity index (χ4n) is 1.85. The van der Waals surface area contributed by atoms with E-state index in [1.807, 2.05) is 5.38 Å². The van der Waals surface area contributed by atoms with Gasteiger partial charge < -0.3 is 5.32 Å². The number of rotatable bonds is 2. The van der Waals surface area contributed by atoms with Gasteiger partial charge in [0.1, 0.15) is 0 Å². The monoisotopic (exact) mass is 259 g/mol. The van der Waals surface area contributed by atoms with Gasteiger partial charge in [0.05, 0.1) is 22.6 Å². The zero-order valence-electron chi connectivity index (χ0n) is 8.89.